The van der Waals surface area contributed by atoms with Gasteiger partial charge in [0, 0.05) is 24.7 Å². The van der Waals surface area contributed by atoms with Crippen molar-refractivity contribution < 1.29 is 4.79 Å². The molecule has 1 amide bonds. The van der Waals surface area contributed by atoms with Crippen molar-refractivity contribution in [3.63, 3.8) is 0 Å². The third-order valence-electron chi connectivity index (χ3n) is 3.94. The minimum atomic E-state index is -0.362. The third-order valence-corrected chi connectivity index (χ3v) is 3.94. The summed E-state index contributed by atoms with van der Waals surface area (Å²) in [5, 5.41) is 3.44. The van der Waals surface area contributed by atoms with E-state index in [9.17, 15) is 4.79 Å². The predicted octanol–water partition coefficient (Wildman–Crippen LogP) is 1.28. The number of carbonyl (C=O) groups is 1. The smallest absolute Gasteiger partial charge is 0.248 e. The van der Waals surface area contributed by atoms with Gasteiger partial charge in [-0.15, -0.1) is 0 Å². The third kappa shape index (κ3) is 3.55. The van der Waals surface area contributed by atoms with Gasteiger partial charge in [0.05, 0.1) is 0 Å². The second-order valence-electron chi connectivity index (χ2n) is 5.42. The van der Waals surface area contributed by atoms with Crippen LogP contribution < -0.4 is 11.1 Å². The summed E-state index contributed by atoms with van der Waals surface area (Å²) >= 11 is 0. The average molecular weight is 261 g/mol. The highest BCUT2D eigenvalue weighted by atomic mass is 16.1. The molecule has 0 spiro atoms. The molecule has 0 bridgehead atoms. The van der Waals surface area contributed by atoms with Gasteiger partial charge in [-0.2, -0.15) is 0 Å². The number of nitrogens with one attached hydrogen (secondary N) is 1. The first kappa shape index (κ1) is 14.0. The van der Waals surface area contributed by atoms with Crippen molar-refractivity contribution in [2.24, 2.45) is 5.73 Å². The summed E-state index contributed by atoms with van der Waals surface area (Å²) < 4.78 is 0. The lowest BCUT2D eigenvalue weighted by Gasteiger charge is -2.32. The molecule has 1 saturated heterocycles. The zero-order valence-corrected chi connectivity index (χ0v) is 11.8. The largest absolute Gasteiger partial charge is 0.366 e. The number of rotatable bonds is 4. The van der Waals surface area contributed by atoms with Gasteiger partial charge in [-0.25, -0.2) is 0 Å². The van der Waals surface area contributed by atoms with Crippen LogP contribution in [0.25, 0.3) is 0 Å². The number of aryl methyl sites for hydroxylation is 1. The maximum absolute atomic E-state index is 11.1. The molecule has 0 saturated carbocycles. The fraction of sp³-hybridized carbons (Fsp3) is 0.533. The van der Waals surface area contributed by atoms with Crippen molar-refractivity contribution in [3.05, 3.63) is 34.9 Å². The first-order valence-corrected chi connectivity index (χ1v) is 6.88. The Labute approximate surface area is 115 Å². The highest BCUT2D eigenvalue weighted by Gasteiger charge is 2.18. The van der Waals surface area contributed by atoms with Crippen LogP contribution >= 0.6 is 0 Å². The number of benzene rings is 1. The zero-order valence-electron chi connectivity index (χ0n) is 11.8. The van der Waals surface area contributed by atoms with Gasteiger partial charge in [0.25, 0.3) is 0 Å². The van der Waals surface area contributed by atoms with Crippen molar-refractivity contribution in [3.8, 4) is 0 Å². The molecule has 19 heavy (non-hydrogen) atoms. The standard InChI is InChI=1S/C15H23N3O/c1-11-8-12(15(16)19)5-6-13(11)10-18(2)14-4-3-7-17-9-14/h5-6,8,14,17H,3-4,7,9-10H2,1-2H3,(H2,16,19). The van der Waals surface area contributed by atoms with Gasteiger partial charge in [-0.1, -0.05) is 6.07 Å². The normalized spacial score (nSPS) is 19.6. The lowest BCUT2D eigenvalue weighted by Crippen LogP contribution is -2.43. The first-order chi connectivity index (χ1) is 9.08. The Morgan fingerprint density at radius 3 is 2.89 bits per heavy atom. The van der Waals surface area contributed by atoms with E-state index < -0.39 is 0 Å². The minimum Gasteiger partial charge on any atom is -0.366 e. The van der Waals surface area contributed by atoms with E-state index in [-0.39, 0.29) is 5.91 Å². The van der Waals surface area contributed by atoms with Crippen LogP contribution in [0.5, 0.6) is 0 Å². The van der Waals surface area contributed by atoms with Gasteiger partial charge < -0.3 is 11.1 Å². The highest BCUT2D eigenvalue weighted by molar-refractivity contribution is 5.93. The van der Waals surface area contributed by atoms with E-state index in [1.165, 1.54) is 18.4 Å². The van der Waals surface area contributed by atoms with E-state index in [2.05, 4.69) is 17.3 Å². The highest BCUT2D eigenvalue weighted by Crippen LogP contribution is 2.16. The lowest BCUT2D eigenvalue weighted by molar-refractivity contribution is 0.1000. The van der Waals surface area contributed by atoms with Crippen molar-refractivity contribution in [2.45, 2.75) is 32.4 Å². The van der Waals surface area contributed by atoms with E-state index >= 15 is 0 Å². The second kappa shape index (κ2) is 6.17. The number of nitrogens with two attached hydrogens (primary N) is 1. The van der Waals surface area contributed by atoms with Crippen molar-refractivity contribution >= 4 is 5.91 Å². The number of piperidine rings is 1. The number of likely N-dealkylation sites (N-methyl/N-ethyl adjacent to an activating group) is 1. The summed E-state index contributed by atoms with van der Waals surface area (Å²) in [4.78, 5) is 13.5. The Hall–Kier alpha value is -1.39. The quantitative estimate of drug-likeness (QED) is 0.858. The Kier molecular flexibility index (Phi) is 4.56. The van der Waals surface area contributed by atoms with Crippen LogP contribution in [-0.2, 0) is 6.54 Å². The fourth-order valence-electron chi connectivity index (χ4n) is 2.63. The lowest BCUT2D eigenvalue weighted by atomic mass is 10.0. The van der Waals surface area contributed by atoms with E-state index in [0.717, 1.165) is 25.2 Å². The molecule has 0 radical (unpaired) electrons. The fourth-order valence-corrected chi connectivity index (χ4v) is 2.63. The van der Waals surface area contributed by atoms with E-state index in [0.29, 0.717) is 11.6 Å². The Balaban J connectivity index is 2.03. The van der Waals surface area contributed by atoms with Gasteiger partial charge in [-0.05, 0) is 56.6 Å². The molecule has 3 N–H and O–H groups in total. The van der Waals surface area contributed by atoms with Crippen LogP contribution in [0.2, 0.25) is 0 Å². The number of hydrogen-bond donors (Lipinski definition) is 2. The van der Waals surface area contributed by atoms with Crippen LogP contribution in [0.15, 0.2) is 18.2 Å². The summed E-state index contributed by atoms with van der Waals surface area (Å²) in [6.07, 6.45) is 2.50. The molecule has 4 nitrogen and oxygen atoms in total. The van der Waals surface area contributed by atoms with E-state index in [4.69, 9.17) is 5.73 Å². The minimum absolute atomic E-state index is 0.362. The summed E-state index contributed by atoms with van der Waals surface area (Å²) in [6, 6.07) is 6.31. The number of amides is 1. The summed E-state index contributed by atoms with van der Waals surface area (Å²) in [6.45, 7) is 5.15. The monoisotopic (exact) mass is 261 g/mol. The predicted molar refractivity (Wildman–Crippen MR) is 77.1 cm³/mol. The average Bonchev–Trinajstić information content (AvgIpc) is 2.41. The number of carbonyl (C=O) groups excluding carboxylic acids is 1. The number of nitrogens with zero attached hydrogens (tertiary/aromatic N) is 1. The summed E-state index contributed by atoms with van der Waals surface area (Å²) in [7, 11) is 2.17. The Morgan fingerprint density at radius 2 is 2.32 bits per heavy atom. The molecule has 1 aromatic rings. The molecule has 1 unspecified atom stereocenters. The van der Waals surface area contributed by atoms with Gasteiger partial charge in [0.15, 0.2) is 0 Å². The molecule has 1 heterocycles. The van der Waals surface area contributed by atoms with Gasteiger partial charge in [-0.3, -0.25) is 9.69 Å². The molecule has 0 aromatic heterocycles. The van der Waals surface area contributed by atoms with E-state index in [1.807, 2.05) is 25.1 Å². The molecule has 104 valence electrons. The molecule has 1 atom stereocenters. The molecule has 4 heteroatoms. The zero-order chi connectivity index (χ0) is 13.8. The SMILES string of the molecule is Cc1cc(C(N)=O)ccc1CN(C)C1CCCNC1. The maximum atomic E-state index is 11.1. The van der Waals surface area contributed by atoms with Crippen LogP contribution in [0.1, 0.15) is 34.3 Å². The van der Waals surface area contributed by atoms with Gasteiger partial charge in [0.1, 0.15) is 0 Å². The maximum Gasteiger partial charge on any atom is 0.248 e. The summed E-state index contributed by atoms with van der Waals surface area (Å²) in [5.74, 6) is -0.362. The van der Waals surface area contributed by atoms with Gasteiger partial charge >= 0.3 is 0 Å². The van der Waals surface area contributed by atoms with Crippen molar-refractivity contribution in [1.29, 1.82) is 0 Å². The Bertz CT molecular complexity index is 453. The van der Waals surface area contributed by atoms with Gasteiger partial charge in [0.2, 0.25) is 5.91 Å². The number of primary amides is 1. The first-order valence-electron chi connectivity index (χ1n) is 6.88. The second-order valence-corrected chi connectivity index (χ2v) is 5.42. The van der Waals surface area contributed by atoms with Crippen LogP contribution in [0.3, 0.4) is 0 Å². The van der Waals surface area contributed by atoms with E-state index in [1.54, 1.807) is 0 Å². The van der Waals surface area contributed by atoms with Crippen LogP contribution in [0, 0.1) is 6.92 Å². The molecular weight excluding hydrogens is 238 g/mol. The van der Waals surface area contributed by atoms with Crippen LogP contribution in [0.4, 0.5) is 0 Å². The number of hydrogen-bond acceptors (Lipinski definition) is 3. The molecule has 1 aliphatic heterocycles. The summed E-state index contributed by atoms with van der Waals surface area (Å²) in [5.41, 5.74) is 8.27. The van der Waals surface area contributed by atoms with Crippen molar-refractivity contribution in [1.82, 2.24) is 10.2 Å². The van der Waals surface area contributed by atoms with Crippen LogP contribution in [-0.4, -0.2) is 37.0 Å². The molecule has 0 aliphatic carbocycles. The molecule has 2 rings (SSSR count). The molecule has 1 aromatic carbocycles. The topological polar surface area (TPSA) is 58.4 Å². The molecule has 1 fully saturated rings. The Morgan fingerprint density at radius 1 is 1.53 bits per heavy atom. The molecule has 1 aliphatic rings. The molecular formula is C15H23N3O. The van der Waals surface area contributed by atoms with Crippen molar-refractivity contribution in [2.75, 3.05) is 20.1 Å².